The van der Waals surface area contributed by atoms with Crippen molar-refractivity contribution in [3.05, 3.63) is 59.2 Å². The molecular weight excluding hydrogens is 302 g/mol. The van der Waals surface area contributed by atoms with Gasteiger partial charge in [-0.2, -0.15) is 5.10 Å². The van der Waals surface area contributed by atoms with Gasteiger partial charge < -0.3 is 10.2 Å². The average molecular weight is 325 g/mol. The Hall–Kier alpha value is -2.53. The third-order valence-corrected chi connectivity index (χ3v) is 4.25. The lowest BCUT2D eigenvalue weighted by molar-refractivity contribution is 0.131. The molecule has 0 bridgehead atoms. The van der Waals surface area contributed by atoms with Gasteiger partial charge in [0.15, 0.2) is 0 Å². The summed E-state index contributed by atoms with van der Waals surface area (Å²) in [7, 11) is 0. The van der Waals surface area contributed by atoms with E-state index in [0.717, 1.165) is 32.7 Å². The zero-order valence-corrected chi connectivity index (χ0v) is 13.9. The van der Waals surface area contributed by atoms with Crippen LogP contribution >= 0.6 is 0 Å². The van der Waals surface area contributed by atoms with Crippen LogP contribution in [0, 0.1) is 6.92 Å². The van der Waals surface area contributed by atoms with Crippen molar-refractivity contribution in [3.8, 4) is 11.5 Å². The Kier molecular flexibility index (Phi) is 5.01. The van der Waals surface area contributed by atoms with E-state index in [1.54, 1.807) is 18.3 Å². The van der Waals surface area contributed by atoms with Gasteiger partial charge in [0.2, 0.25) is 0 Å². The molecule has 1 saturated heterocycles. The molecule has 0 saturated carbocycles. The quantitative estimate of drug-likeness (QED) is 0.848. The molecule has 24 heavy (non-hydrogen) atoms. The Labute approximate surface area is 142 Å². The lowest BCUT2D eigenvalue weighted by atomic mass is 10.1. The van der Waals surface area contributed by atoms with Crippen molar-refractivity contribution in [2.45, 2.75) is 13.5 Å². The number of phenols is 2. The Balaban J connectivity index is 1.51. The maximum absolute atomic E-state index is 9.77. The van der Waals surface area contributed by atoms with Gasteiger partial charge >= 0.3 is 0 Å². The van der Waals surface area contributed by atoms with Gasteiger partial charge in [-0.25, -0.2) is 0 Å². The van der Waals surface area contributed by atoms with Crippen molar-refractivity contribution in [1.29, 1.82) is 0 Å². The van der Waals surface area contributed by atoms with Crippen LogP contribution in [-0.2, 0) is 6.54 Å². The number of nitrogens with zero attached hydrogens (tertiary/aromatic N) is 3. The normalized spacial score (nSPS) is 16.0. The molecule has 5 nitrogen and oxygen atoms in total. The molecule has 1 aliphatic rings. The predicted octanol–water partition coefficient (Wildman–Crippen LogP) is 2.56. The number of piperazine rings is 1. The maximum atomic E-state index is 9.77. The highest BCUT2D eigenvalue weighted by Gasteiger charge is 2.15. The molecule has 0 aromatic heterocycles. The van der Waals surface area contributed by atoms with Gasteiger partial charge in [-0.05, 0) is 24.6 Å². The van der Waals surface area contributed by atoms with E-state index in [9.17, 15) is 10.2 Å². The minimum atomic E-state index is 0.0387. The van der Waals surface area contributed by atoms with E-state index in [1.165, 1.54) is 17.2 Å². The molecule has 126 valence electrons. The fourth-order valence-corrected chi connectivity index (χ4v) is 2.75. The zero-order chi connectivity index (χ0) is 16.9. The summed E-state index contributed by atoms with van der Waals surface area (Å²) in [5, 5.41) is 25.5. The van der Waals surface area contributed by atoms with Crippen molar-refractivity contribution in [2.75, 3.05) is 26.2 Å². The Morgan fingerprint density at radius 1 is 1.00 bits per heavy atom. The summed E-state index contributed by atoms with van der Waals surface area (Å²) in [6, 6.07) is 13.2. The van der Waals surface area contributed by atoms with Gasteiger partial charge in [-0.3, -0.25) is 9.91 Å². The van der Waals surface area contributed by atoms with Crippen LogP contribution in [0.5, 0.6) is 11.5 Å². The standard InChI is InChI=1S/C19H23N3O2/c1-15-2-4-16(5-3-15)14-21-8-10-22(11-9-21)20-13-17-6-7-18(23)12-19(17)24/h2-7,12-13,23-24H,8-11,14H2,1H3/b20-13-. The summed E-state index contributed by atoms with van der Waals surface area (Å²) in [5.74, 6) is 0.0890. The molecule has 2 N–H and O–H groups in total. The number of hydrogen-bond acceptors (Lipinski definition) is 5. The molecule has 5 heteroatoms. The van der Waals surface area contributed by atoms with E-state index in [-0.39, 0.29) is 11.5 Å². The lowest BCUT2D eigenvalue weighted by Crippen LogP contribution is -2.43. The first-order valence-electron chi connectivity index (χ1n) is 8.19. The number of aromatic hydroxyl groups is 2. The molecule has 3 rings (SSSR count). The van der Waals surface area contributed by atoms with Crippen LogP contribution < -0.4 is 0 Å². The summed E-state index contributed by atoms with van der Waals surface area (Å²) >= 11 is 0. The number of aryl methyl sites for hydroxylation is 1. The smallest absolute Gasteiger partial charge is 0.128 e. The third-order valence-electron chi connectivity index (χ3n) is 4.25. The van der Waals surface area contributed by atoms with Crippen molar-refractivity contribution < 1.29 is 10.2 Å². The number of rotatable bonds is 4. The zero-order valence-electron chi connectivity index (χ0n) is 13.9. The molecule has 2 aromatic carbocycles. The highest BCUT2D eigenvalue weighted by Crippen LogP contribution is 2.21. The molecule has 1 heterocycles. The summed E-state index contributed by atoms with van der Waals surface area (Å²) < 4.78 is 0. The number of benzene rings is 2. The highest BCUT2D eigenvalue weighted by molar-refractivity contribution is 5.83. The minimum absolute atomic E-state index is 0.0387. The van der Waals surface area contributed by atoms with E-state index in [0.29, 0.717) is 5.56 Å². The number of hydrogen-bond donors (Lipinski definition) is 2. The molecule has 0 radical (unpaired) electrons. The molecule has 0 aliphatic carbocycles. The van der Waals surface area contributed by atoms with E-state index in [4.69, 9.17) is 0 Å². The SMILES string of the molecule is Cc1ccc(CN2CCN(/N=C\c3ccc(O)cc3O)CC2)cc1. The molecule has 0 amide bonds. The Morgan fingerprint density at radius 3 is 2.38 bits per heavy atom. The van der Waals surface area contributed by atoms with Crippen LogP contribution in [0.4, 0.5) is 0 Å². The summed E-state index contributed by atoms with van der Waals surface area (Å²) in [6.07, 6.45) is 1.64. The molecule has 0 atom stereocenters. The lowest BCUT2D eigenvalue weighted by Gasteiger charge is -2.33. The first kappa shape index (κ1) is 16.3. The van der Waals surface area contributed by atoms with Crippen LogP contribution in [0.15, 0.2) is 47.6 Å². The Morgan fingerprint density at radius 2 is 1.71 bits per heavy atom. The fourth-order valence-electron chi connectivity index (χ4n) is 2.75. The molecule has 1 aliphatic heterocycles. The number of phenolic OH excluding ortho intramolecular Hbond substituents is 2. The second-order valence-corrected chi connectivity index (χ2v) is 6.20. The fraction of sp³-hybridized carbons (Fsp3) is 0.316. The van der Waals surface area contributed by atoms with E-state index in [2.05, 4.69) is 41.2 Å². The van der Waals surface area contributed by atoms with Crippen molar-refractivity contribution in [2.24, 2.45) is 5.10 Å². The molecule has 0 spiro atoms. The van der Waals surface area contributed by atoms with Gasteiger partial charge in [-0.15, -0.1) is 0 Å². The Bertz CT molecular complexity index is 705. The van der Waals surface area contributed by atoms with Gasteiger partial charge in [0, 0.05) is 44.4 Å². The second kappa shape index (κ2) is 7.36. The maximum Gasteiger partial charge on any atom is 0.128 e. The van der Waals surface area contributed by atoms with Crippen molar-refractivity contribution in [3.63, 3.8) is 0 Å². The molecule has 1 fully saturated rings. The van der Waals surface area contributed by atoms with Crippen molar-refractivity contribution in [1.82, 2.24) is 9.91 Å². The molecular formula is C19H23N3O2. The minimum Gasteiger partial charge on any atom is -0.508 e. The van der Waals surface area contributed by atoms with Crippen LogP contribution in [0.25, 0.3) is 0 Å². The van der Waals surface area contributed by atoms with E-state index >= 15 is 0 Å². The van der Waals surface area contributed by atoms with Gasteiger partial charge in [0.05, 0.1) is 6.21 Å². The highest BCUT2D eigenvalue weighted by atomic mass is 16.3. The van der Waals surface area contributed by atoms with Gasteiger partial charge in [0.25, 0.3) is 0 Å². The second-order valence-electron chi connectivity index (χ2n) is 6.20. The van der Waals surface area contributed by atoms with Crippen LogP contribution in [0.2, 0.25) is 0 Å². The third kappa shape index (κ3) is 4.26. The molecule has 0 unspecified atom stereocenters. The average Bonchev–Trinajstić information content (AvgIpc) is 2.57. The van der Waals surface area contributed by atoms with Crippen LogP contribution in [-0.4, -0.2) is 52.5 Å². The first-order chi connectivity index (χ1) is 11.6. The van der Waals surface area contributed by atoms with Gasteiger partial charge in [-0.1, -0.05) is 29.8 Å². The van der Waals surface area contributed by atoms with Crippen LogP contribution in [0.3, 0.4) is 0 Å². The number of hydrazone groups is 1. The summed E-state index contributed by atoms with van der Waals surface area (Å²) in [6.45, 7) is 6.73. The monoisotopic (exact) mass is 325 g/mol. The summed E-state index contributed by atoms with van der Waals surface area (Å²) in [5.41, 5.74) is 3.23. The molecule has 2 aromatic rings. The topological polar surface area (TPSA) is 59.3 Å². The van der Waals surface area contributed by atoms with Crippen molar-refractivity contribution >= 4 is 6.21 Å². The van der Waals surface area contributed by atoms with E-state index in [1.807, 2.05) is 5.01 Å². The largest absolute Gasteiger partial charge is 0.508 e. The van der Waals surface area contributed by atoms with Gasteiger partial charge in [0.1, 0.15) is 11.5 Å². The summed E-state index contributed by atoms with van der Waals surface area (Å²) in [4.78, 5) is 2.43. The first-order valence-corrected chi connectivity index (χ1v) is 8.19. The predicted molar refractivity (Wildman–Crippen MR) is 95.4 cm³/mol. The van der Waals surface area contributed by atoms with E-state index < -0.39 is 0 Å². The van der Waals surface area contributed by atoms with Crippen LogP contribution in [0.1, 0.15) is 16.7 Å².